The molecule has 0 saturated heterocycles. The first-order valence-electron chi connectivity index (χ1n) is 12.4. The number of rotatable bonds is 12. The Balaban J connectivity index is 1.79. The zero-order valence-corrected chi connectivity index (χ0v) is 21.8. The molecule has 1 aromatic heterocycles. The Morgan fingerprint density at radius 3 is 2.38 bits per heavy atom. The van der Waals surface area contributed by atoms with Crippen molar-refractivity contribution in [1.82, 2.24) is 9.80 Å². The molecule has 0 aliphatic carbocycles. The van der Waals surface area contributed by atoms with Crippen LogP contribution in [0.2, 0.25) is 0 Å². The molecule has 1 N–H and O–H groups in total. The number of nitrogens with zero attached hydrogens (tertiary/aromatic N) is 2. The van der Waals surface area contributed by atoms with Crippen LogP contribution in [-0.2, 0) is 28.8 Å². The third-order valence-corrected chi connectivity index (χ3v) is 5.76. The van der Waals surface area contributed by atoms with Crippen molar-refractivity contribution in [2.24, 2.45) is 0 Å². The van der Waals surface area contributed by atoms with Crippen LogP contribution in [0.15, 0.2) is 65.1 Å². The van der Waals surface area contributed by atoms with Crippen LogP contribution in [0.5, 0.6) is 0 Å². The van der Waals surface area contributed by atoms with Crippen molar-refractivity contribution < 1.29 is 36.3 Å². The summed E-state index contributed by atoms with van der Waals surface area (Å²) in [6.45, 7) is 4.41. The lowest BCUT2D eigenvalue weighted by Gasteiger charge is -2.27. The van der Waals surface area contributed by atoms with E-state index >= 15 is 0 Å². The molecule has 0 fully saturated rings. The van der Waals surface area contributed by atoms with E-state index in [1.165, 1.54) is 34.1 Å². The molecular formula is C28H31F4N3O4. The van der Waals surface area contributed by atoms with Gasteiger partial charge >= 0.3 is 12.2 Å². The van der Waals surface area contributed by atoms with Crippen molar-refractivity contribution >= 4 is 17.6 Å². The van der Waals surface area contributed by atoms with Gasteiger partial charge in [-0.25, -0.2) is 9.18 Å². The lowest BCUT2D eigenvalue weighted by molar-refractivity contribution is -0.137. The summed E-state index contributed by atoms with van der Waals surface area (Å²) < 4.78 is 63.8. The number of ether oxygens (including phenoxy) is 1. The van der Waals surface area contributed by atoms with Gasteiger partial charge in [0.2, 0.25) is 5.91 Å². The molecule has 0 bridgehead atoms. The van der Waals surface area contributed by atoms with Crippen molar-refractivity contribution in [1.29, 1.82) is 0 Å². The molecule has 0 radical (unpaired) electrons. The Morgan fingerprint density at radius 1 is 1.00 bits per heavy atom. The number of benzene rings is 2. The molecule has 2 aromatic carbocycles. The molecule has 0 unspecified atom stereocenters. The minimum atomic E-state index is -4.57. The predicted molar refractivity (Wildman–Crippen MR) is 137 cm³/mol. The quantitative estimate of drug-likeness (QED) is 0.215. The lowest BCUT2D eigenvalue weighted by Crippen LogP contribution is -2.44. The fourth-order valence-corrected chi connectivity index (χ4v) is 3.79. The third kappa shape index (κ3) is 9.43. The number of anilines is 1. The molecule has 3 rings (SSSR count). The number of halogens is 4. The van der Waals surface area contributed by atoms with Gasteiger partial charge in [0.1, 0.15) is 23.9 Å². The lowest BCUT2D eigenvalue weighted by atomic mass is 10.2. The summed E-state index contributed by atoms with van der Waals surface area (Å²) in [5.74, 6) is 0.352. The number of carbonyl (C=O) groups is 2. The minimum absolute atomic E-state index is 0.0497. The van der Waals surface area contributed by atoms with Crippen molar-refractivity contribution in [3.63, 3.8) is 0 Å². The molecule has 0 aliphatic heterocycles. The molecule has 210 valence electrons. The molecule has 3 aromatic rings. The van der Waals surface area contributed by atoms with E-state index in [1.54, 1.807) is 31.2 Å². The molecule has 0 atom stereocenters. The number of nitrogens with one attached hydrogen (secondary N) is 1. The second kappa shape index (κ2) is 13.8. The van der Waals surface area contributed by atoms with Gasteiger partial charge in [-0.3, -0.25) is 4.79 Å². The van der Waals surface area contributed by atoms with E-state index in [2.05, 4.69) is 5.32 Å². The maximum Gasteiger partial charge on any atom is 0.416 e. The molecule has 7 nitrogen and oxygen atoms in total. The molecule has 3 amide bonds. The Bertz CT molecular complexity index is 1230. The standard InChI is InChI=1S/C28H31F4N3O4/c1-3-38-15-5-14-34(27(37)33-24-7-4-6-22(16-24)28(30,31)32)19-26(36)35(18-25-13-8-20(2)39-25)17-21-9-11-23(29)12-10-21/h4,6-13,16H,3,5,14-15,17-19H2,1-2H3,(H,33,37). The Labute approximate surface area is 224 Å². The molecule has 0 spiro atoms. The summed E-state index contributed by atoms with van der Waals surface area (Å²) in [5.41, 5.74) is -0.283. The van der Waals surface area contributed by atoms with Crippen LogP contribution in [0.1, 0.15) is 36.0 Å². The van der Waals surface area contributed by atoms with Gasteiger partial charge < -0.3 is 24.3 Å². The van der Waals surface area contributed by atoms with E-state index in [9.17, 15) is 27.2 Å². The number of hydrogen-bond donors (Lipinski definition) is 1. The van der Waals surface area contributed by atoms with Gasteiger partial charge in [-0.15, -0.1) is 0 Å². The number of urea groups is 1. The van der Waals surface area contributed by atoms with Gasteiger partial charge in [-0.2, -0.15) is 13.2 Å². The average Bonchev–Trinajstić information content (AvgIpc) is 3.30. The van der Waals surface area contributed by atoms with Crippen LogP contribution in [0.3, 0.4) is 0 Å². The highest BCUT2D eigenvalue weighted by Gasteiger charge is 2.31. The van der Waals surface area contributed by atoms with E-state index in [-0.39, 0.29) is 31.9 Å². The maximum atomic E-state index is 13.5. The Kier molecular flexibility index (Phi) is 10.5. The fraction of sp³-hybridized carbons (Fsp3) is 0.357. The Morgan fingerprint density at radius 2 is 1.74 bits per heavy atom. The van der Waals surface area contributed by atoms with Crippen molar-refractivity contribution in [2.45, 2.75) is 39.5 Å². The topological polar surface area (TPSA) is 75.0 Å². The highest BCUT2D eigenvalue weighted by Crippen LogP contribution is 2.30. The molecule has 1 heterocycles. The van der Waals surface area contributed by atoms with Crippen LogP contribution in [0, 0.1) is 12.7 Å². The highest BCUT2D eigenvalue weighted by molar-refractivity contribution is 5.92. The van der Waals surface area contributed by atoms with E-state index in [0.29, 0.717) is 36.7 Å². The fourth-order valence-electron chi connectivity index (χ4n) is 3.79. The number of hydrogen-bond acceptors (Lipinski definition) is 4. The molecule has 0 saturated carbocycles. The van der Waals surface area contributed by atoms with E-state index in [0.717, 1.165) is 12.1 Å². The predicted octanol–water partition coefficient (Wildman–Crippen LogP) is 6.24. The first-order chi connectivity index (χ1) is 18.5. The van der Waals surface area contributed by atoms with Gasteiger partial charge in [-0.05, 0) is 68.3 Å². The average molecular weight is 550 g/mol. The summed E-state index contributed by atoms with van der Waals surface area (Å²) >= 11 is 0. The first kappa shape index (κ1) is 29.7. The summed E-state index contributed by atoms with van der Waals surface area (Å²) in [6, 6.07) is 12.7. The largest absolute Gasteiger partial charge is 0.464 e. The van der Waals surface area contributed by atoms with Crippen LogP contribution in [0.4, 0.5) is 28.0 Å². The zero-order valence-electron chi connectivity index (χ0n) is 21.8. The summed E-state index contributed by atoms with van der Waals surface area (Å²) in [4.78, 5) is 29.3. The number of carbonyl (C=O) groups excluding carboxylic acids is 2. The van der Waals surface area contributed by atoms with Crippen LogP contribution >= 0.6 is 0 Å². The monoisotopic (exact) mass is 549 g/mol. The van der Waals surface area contributed by atoms with Crippen molar-refractivity contribution in [2.75, 3.05) is 31.6 Å². The van der Waals surface area contributed by atoms with Crippen LogP contribution in [0.25, 0.3) is 0 Å². The minimum Gasteiger partial charge on any atom is -0.464 e. The third-order valence-electron chi connectivity index (χ3n) is 5.76. The second-order valence-electron chi connectivity index (χ2n) is 8.87. The van der Waals surface area contributed by atoms with Crippen molar-refractivity contribution in [3.05, 3.63) is 89.1 Å². The van der Waals surface area contributed by atoms with Gasteiger partial charge in [0.25, 0.3) is 0 Å². The van der Waals surface area contributed by atoms with Crippen molar-refractivity contribution in [3.8, 4) is 0 Å². The van der Waals surface area contributed by atoms with Gasteiger partial charge in [-0.1, -0.05) is 18.2 Å². The number of alkyl halides is 3. The van der Waals surface area contributed by atoms with E-state index < -0.39 is 29.5 Å². The smallest absolute Gasteiger partial charge is 0.416 e. The van der Waals surface area contributed by atoms with Gasteiger partial charge in [0.05, 0.1) is 12.1 Å². The number of aryl methyl sites for hydroxylation is 1. The highest BCUT2D eigenvalue weighted by atomic mass is 19.4. The molecule has 39 heavy (non-hydrogen) atoms. The summed E-state index contributed by atoms with van der Waals surface area (Å²) in [5, 5.41) is 2.46. The molecule has 0 aliphatic rings. The zero-order chi connectivity index (χ0) is 28.4. The second-order valence-corrected chi connectivity index (χ2v) is 8.87. The van der Waals surface area contributed by atoms with Gasteiger partial charge in [0.15, 0.2) is 0 Å². The summed E-state index contributed by atoms with van der Waals surface area (Å²) in [6.07, 6.45) is -4.16. The first-order valence-corrected chi connectivity index (χ1v) is 12.4. The molecular weight excluding hydrogens is 518 g/mol. The number of furan rings is 1. The van der Waals surface area contributed by atoms with E-state index in [4.69, 9.17) is 9.15 Å². The normalized spacial score (nSPS) is 11.3. The van der Waals surface area contributed by atoms with E-state index in [1.807, 2.05) is 6.92 Å². The Hall–Kier alpha value is -3.86. The SMILES string of the molecule is CCOCCCN(CC(=O)N(Cc1ccc(F)cc1)Cc1ccc(C)o1)C(=O)Nc1cccc(C(F)(F)F)c1. The van der Waals surface area contributed by atoms with Crippen LogP contribution < -0.4 is 5.32 Å². The molecule has 11 heteroatoms. The summed E-state index contributed by atoms with van der Waals surface area (Å²) in [7, 11) is 0. The van der Waals surface area contributed by atoms with Gasteiger partial charge in [0, 0.05) is 32.0 Å². The number of amides is 3. The maximum absolute atomic E-state index is 13.5. The van der Waals surface area contributed by atoms with Crippen LogP contribution in [-0.4, -0.2) is 48.0 Å².